The van der Waals surface area contributed by atoms with E-state index in [1.165, 1.54) is 6.92 Å². The highest BCUT2D eigenvalue weighted by Gasteiger charge is 2.38. The predicted molar refractivity (Wildman–Crippen MR) is 56.6 cm³/mol. The minimum absolute atomic E-state index is 0.306. The van der Waals surface area contributed by atoms with Gasteiger partial charge >= 0.3 is 6.18 Å². The fourth-order valence-corrected chi connectivity index (χ4v) is 2.92. The molecule has 7 heteroatoms. The van der Waals surface area contributed by atoms with Crippen molar-refractivity contribution in [1.29, 1.82) is 0 Å². The molecule has 0 heterocycles. The molecule has 0 spiro atoms. The van der Waals surface area contributed by atoms with E-state index in [1.807, 2.05) is 0 Å². The summed E-state index contributed by atoms with van der Waals surface area (Å²) in [5.41, 5.74) is 0. The molecule has 98 valence electrons. The summed E-state index contributed by atoms with van der Waals surface area (Å²) in [5, 5.41) is 0. The van der Waals surface area contributed by atoms with Crippen molar-refractivity contribution in [2.45, 2.75) is 45.8 Å². The normalized spacial score (nSPS) is 13.8. The van der Waals surface area contributed by atoms with Crippen LogP contribution in [0, 0.1) is 0 Å². The molecule has 0 atom stereocenters. The van der Waals surface area contributed by atoms with Gasteiger partial charge in [-0.3, -0.25) is 0 Å². The molecule has 0 saturated carbocycles. The number of halogens is 3. The zero-order valence-electron chi connectivity index (χ0n) is 9.71. The molecule has 16 heavy (non-hydrogen) atoms. The van der Waals surface area contributed by atoms with E-state index in [-0.39, 0.29) is 5.75 Å². The first-order chi connectivity index (χ1) is 7.18. The van der Waals surface area contributed by atoms with E-state index >= 15 is 0 Å². The minimum atomic E-state index is -4.50. The molecule has 0 fully saturated rings. The third kappa shape index (κ3) is 4.69. The molecule has 0 aromatic carbocycles. The Labute approximate surface area is 94.7 Å². The third-order valence-corrected chi connectivity index (χ3v) is 4.28. The molecule has 0 bridgehead atoms. The largest absolute Gasteiger partial charge is 0.402 e. The lowest BCUT2D eigenvalue weighted by Crippen LogP contribution is -2.45. The maximum Gasteiger partial charge on any atom is 0.402 e. The molecule has 0 unspecified atom stereocenters. The van der Waals surface area contributed by atoms with E-state index in [1.54, 1.807) is 13.8 Å². The van der Waals surface area contributed by atoms with Gasteiger partial charge < -0.3 is 0 Å². The van der Waals surface area contributed by atoms with E-state index in [2.05, 4.69) is 0 Å². The van der Waals surface area contributed by atoms with Crippen molar-refractivity contribution >= 4 is 10.0 Å². The van der Waals surface area contributed by atoms with Gasteiger partial charge in [-0.15, -0.1) is 0 Å². The Morgan fingerprint density at radius 2 is 1.56 bits per heavy atom. The van der Waals surface area contributed by atoms with Gasteiger partial charge in [0.2, 0.25) is 10.0 Å². The van der Waals surface area contributed by atoms with Gasteiger partial charge in [-0.1, -0.05) is 13.8 Å². The second-order valence-electron chi connectivity index (χ2n) is 3.53. The monoisotopic (exact) mass is 261 g/mol. The smallest absolute Gasteiger partial charge is 0.212 e. The van der Waals surface area contributed by atoms with Crippen LogP contribution in [0.15, 0.2) is 0 Å². The van der Waals surface area contributed by atoms with Crippen molar-refractivity contribution in [1.82, 2.24) is 4.31 Å². The van der Waals surface area contributed by atoms with Crippen molar-refractivity contribution in [3.05, 3.63) is 0 Å². The summed E-state index contributed by atoms with van der Waals surface area (Å²) in [6.07, 6.45) is -3.73. The van der Waals surface area contributed by atoms with E-state index in [0.717, 1.165) is 0 Å². The summed E-state index contributed by atoms with van der Waals surface area (Å²) in [6, 6.07) is -0.577. The average Bonchev–Trinajstić information content (AvgIpc) is 2.16. The minimum Gasteiger partial charge on any atom is -0.212 e. The summed E-state index contributed by atoms with van der Waals surface area (Å²) in [5.74, 6) is -0.306. The van der Waals surface area contributed by atoms with Gasteiger partial charge in [-0.05, 0) is 19.8 Å². The molecular weight excluding hydrogens is 243 g/mol. The van der Waals surface area contributed by atoms with Crippen molar-refractivity contribution in [2.75, 3.05) is 12.3 Å². The van der Waals surface area contributed by atoms with Crippen LogP contribution in [0.5, 0.6) is 0 Å². The van der Waals surface area contributed by atoms with Crippen molar-refractivity contribution in [3.63, 3.8) is 0 Å². The standard InChI is InChI=1S/C9H18F3NO2S/c1-4-8(5-2)13(7-9(10,11)12)16(14,15)6-3/h8H,4-7H2,1-3H3. The quantitative estimate of drug-likeness (QED) is 0.736. The van der Waals surface area contributed by atoms with Crippen molar-refractivity contribution in [3.8, 4) is 0 Å². The molecule has 3 nitrogen and oxygen atoms in total. The molecule has 0 aromatic rings. The molecular formula is C9H18F3NO2S. The molecule has 0 aliphatic carbocycles. The lowest BCUT2D eigenvalue weighted by Gasteiger charge is -2.29. The number of hydrogen-bond donors (Lipinski definition) is 0. The summed E-state index contributed by atoms with van der Waals surface area (Å²) in [4.78, 5) is 0. The van der Waals surface area contributed by atoms with Crippen LogP contribution in [0.4, 0.5) is 13.2 Å². The zero-order valence-corrected chi connectivity index (χ0v) is 10.5. The molecule has 0 N–H and O–H groups in total. The Balaban J connectivity index is 5.06. The Hall–Kier alpha value is -0.300. The fraction of sp³-hybridized carbons (Fsp3) is 1.00. The summed E-state index contributed by atoms with van der Waals surface area (Å²) in [6.45, 7) is 3.32. The summed E-state index contributed by atoms with van der Waals surface area (Å²) < 4.78 is 60.6. The second kappa shape index (κ2) is 5.86. The van der Waals surface area contributed by atoms with Crippen LogP contribution in [-0.4, -0.2) is 37.2 Å². The summed E-state index contributed by atoms with van der Waals surface area (Å²) in [7, 11) is -3.80. The van der Waals surface area contributed by atoms with Gasteiger partial charge in [0.25, 0.3) is 0 Å². The lowest BCUT2D eigenvalue weighted by molar-refractivity contribution is -0.139. The SMILES string of the molecule is CCC(CC)N(CC(F)(F)F)S(=O)(=O)CC. The average molecular weight is 261 g/mol. The predicted octanol–water partition coefficient (Wildman–Crippen LogP) is 2.39. The molecule has 0 aliphatic heterocycles. The fourth-order valence-electron chi connectivity index (χ4n) is 1.49. The molecule has 0 amide bonds. The van der Waals surface area contributed by atoms with Gasteiger partial charge in [0.15, 0.2) is 0 Å². The number of sulfonamides is 1. The van der Waals surface area contributed by atoms with Gasteiger partial charge in [0, 0.05) is 6.04 Å². The van der Waals surface area contributed by atoms with Crippen LogP contribution >= 0.6 is 0 Å². The maximum absolute atomic E-state index is 12.3. The van der Waals surface area contributed by atoms with E-state index in [9.17, 15) is 21.6 Å². The molecule has 0 aromatic heterocycles. The first kappa shape index (κ1) is 15.7. The van der Waals surface area contributed by atoms with Crippen LogP contribution in [0.1, 0.15) is 33.6 Å². The van der Waals surface area contributed by atoms with E-state index in [4.69, 9.17) is 0 Å². The Morgan fingerprint density at radius 1 is 1.12 bits per heavy atom. The summed E-state index contributed by atoms with van der Waals surface area (Å²) >= 11 is 0. The van der Waals surface area contributed by atoms with E-state index < -0.39 is 28.8 Å². The van der Waals surface area contributed by atoms with Crippen LogP contribution < -0.4 is 0 Å². The molecule has 0 saturated heterocycles. The first-order valence-electron chi connectivity index (χ1n) is 5.24. The number of alkyl halides is 3. The third-order valence-electron chi connectivity index (χ3n) is 2.41. The topological polar surface area (TPSA) is 37.4 Å². The highest BCUT2D eigenvalue weighted by molar-refractivity contribution is 7.89. The number of hydrogen-bond acceptors (Lipinski definition) is 2. The highest BCUT2D eigenvalue weighted by Crippen LogP contribution is 2.23. The number of nitrogens with zero attached hydrogens (tertiary/aromatic N) is 1. The van der Waals surface area contributed by atoms with Gasteiger partial charge in [-0.25, -0.2) is 8.42 Å². The number of rotatable bonds is 6. The zero-order chi connectivity index (χ0) is 13.0. The second-order valence-corrected chi connectivity index (χ2v) is 5.74. The first-order valence-corrected chi connectivity index (χ1v) is 6.85. The Morgan fingerprint density at radius 3 is 1.81 bits per heavy atom. The van der Waals surface area contributed by atoms with Gasteiger partial charge in [0.05, 0.1) is 5.75 Å². The van der Waals surface area contributed by atoms with Gasteiger partial charge in [0.1, 0.15) is 6.54 Å². The Kier molecular flexibility index (Phi) is 5.75. The van der Waals surface area contributed by atoms with Crippen LogP contribution in [0.25, 0.3) is 0 Å². The van der Waals surface area contributed by atoms with Crippen LogP contribution in [-0.2, 0) is 10.0 Å². The highest BCUT2D eigenvalue weighted by atomic mass is 32.2. The Bertz CT molecular complexity index is 296. The van der Waals surface area contributed by atoms with Crippen molar-refractivity contribution in [2.24, 2.45) is 0 Å². The van der Waals surface area contributed by atoms with Crippen molar-refractivity contribution < 1.29 is 21.6 Å². The molecule has 0 radical (unpaired) electrons. The lowest BCUT2D eigenvalue weighted by atomic mass is 10.2. The maximum atomic E-state index is 12.3. The van der Waals surface area contributed by atoms with Crippen LogP contribution in [0.2, 0.25) is 0 Å². The molecule has 0 rings (SSSR count). The van der Waals surface area contributed by atoms with Crippen LogP contribution in [0.3, 0.4) is 0 Å². The van der Waals surface area contributed by atoms with Gasteiger partial charge in [-0.2, -0.15) is 17.5 Å². The van der Waals surface area contributed by atoms with E-state index in [0.29, 0.717) is 17.1 Å². The molecule has 0 aliphatic rings.